The highest BCUT2D eigenvalue weighted by atomic mass is 79.9. The minimum absolute atomic E-state index is 0.00877. The lowest BCUT2D eigenvalue weighted by Crippen LogP contribution is -2.43. The number of hydrogen-bond acceptors (Lipinski definition) is 2. The summed E-state index contributed by atoms with van der Waals surface area (Å²) in [7, 11) is 0. The standard InChI is InChI=1S/C16H17BrN2OS/c1-11(12-2-4-14(17)5-3-12)18-16(20)19-8-6-15-13(10-19)7-9-21-15/h2-5,7,9,11H,6,8,10H2,1H3,(H,18,20). The molecule has 1 aliphatic rings. The Bertz CT molecular complexity index is 638. The van der Waals surface area contributed by atoms with Crippen LogP contribution in [0.3, 0.4) is 0 Å². The first-order chi connectivity index (χ1) is 10.1. The molecule has 1 atom stereocenters. The second kappa shape index (κ2) is 6.20. The van der Waals surface area contributed by atoms with Crippen LogP contribution in [0.5, 0.6) is 0 Å². The molecule has 0 bridgehead atoms. The van der Waals surface area contributed by atoms with E-state index in [2.05, 4.69) is 32.7 Å². The van der Waals surface area contributed by atoms with E-state index in [1.807, 2.05) is 36.1 Å². The van der Waals surface area contributed by atoms with Crippen molar-refractivity contribution in [3.63, 3.8) is 0 Å². The number of carbonyl (C=O) groups excluding carboxylic acids is 1. The maximum absolute atomic E-state index is 12.4. The highest BCUT2D eigenvalue weighted by Gasteiger charge is 2.22. The molecule has 2 amide bonds. The van der Waals surface area contributed by atoms with Gasteiger partial charge in [0.05, 0.1) is 6.04 Å². The van der Waals surface area contributed by atoms with Crippen molar-refractivity contribution in [2.75, 3.05) is 6.54 Å². The molecule has 3 nitrogen and oxygen atoms in total. The van der Waals surface area contributed by atoms with Crippen molar-refractivity contribution in [1.29, 1.82) is 0 Å². The number of amides is 2. The summed E-state index contributed by atoms with van der Waals surface area (Å²) >= 11 is 5.21. The van der Waals surface area contributed by atoms with Gasteiger partial charge in [-0.05, 0) is 48.1 Å². The van der Waals surface area contributed by atoms with Crippen LogP contribution in [0.15, 0.2) is 40.2 Å². The number of nitrogens with zero attached hydrogens (tertiary/aromatic N) is 1. The Labute approximate surface area is 137 Å². The molecule has 1 aliphatic heterocycles. The van der Waals surface area contributed by atoms with Crippen LogP contribution in [0, 0.1) is 0 Å². The highest BCUT2D eigenvalue weighted by molar-refractivity contribution is 9.10. The molecular formula is C16H17BrN2OS. The van der Waals surface area contributed by atoms with Gasteiger partial charge in [-0.1, -0.05) is 28.1 Å². The Morgan fingerprint density at radius 1 is 1.33 bits per heavy atom. The minimum atomic E-state index is 0.00877. The molecule has 1 unspecified atom stereocenters. The molecule has 1 aromatic carbocycles. The molecule has 21 heavy (non-hydrogen) atoms. The van der Waals surface area contributed by atoms with Crippen LogP contribution >= 0.6 is 27.3 Å². The number of urea groups is 1. The largest absolute Gasteiger partial charge is 0.331 e. The monoisotopic (exact) mass is 364 g/mol. The quantitative estimate of drug-likeness (QED) is 0.844. The van der Waals surface area contributed by atoms with Crippen LogP contribution in [-0.2, 0) is 13.0 Å². The smallest absolute Gasteiger partial charge is 0.318 e. The lowest BCUT2D eigenvalue weighted by Gasteiger charge is -2.28. The second-order valence-corrected chi connectivity index (χ2v) is 7.18. The summed E-state index contributed by atoms with van der Waals surface area (Å²) in [5, 5.41) is 5.19. The fraction of sp³-hybridized carbons (Fsp3) is 0.312. The van der Waals surface area contributed by atoms with Gasteiger partial charge in [0.25, 0.3) is 0 Å². The fourth-order valence-corrected chi connectivity index (χ4v) is 3.69. The van der Waals surface area contributed by atoms with Gasteiger partial charge in [-0.15, -0.1) is 11.3 Å². The SMILES string of the molecule is CC(NC(=O)N1CCc2sccc2C1)c1ccc(Br)cc1. The first-order valence-corrected chi connectivity index (χ1v) is 8.67. The molecule has 0 spiro atoms. The number of carbonyl (C=O) groups is 1. The number of rotatable bonds is 2. The number of thiophene rings is 1. The van der Waals surface area contributed by atoms with Crippen molar-refractivity contribution in [3.8, 4) is 0 Å². The molecule has 0 saturated carbocycles. The zero-order chi connectivity index (χ0) is 14.8. The zero-order valence-electron chi connectivity index (χ0n) is 11.8. The van der Waals surface area contributed by atoms with Gasteiger partial charge in [0, 0.05) is 22.4 Å². The lowest BCUT2D eigenvalue weighted by atomic mass is 10.1. The molecule has 0 radical (unpaired) electrons. The van der Waals surface area contributed by atoms with Crippen LogP contribution < -0.4 is 5.32 Å². The molecule has 0 aliphatic carbocycles. The molecular weight excluding hydrogens is 348 g/mol. The molecule has 2 aromatic rings. The van der Waals surface area contributed by atoms with Crippen LogP contribution in [-0.4, -0.2) is 17.5 Å². The van der Waals surface area contributed by atoms with Crippen LogP contribution in [0.2, 0.25) is 0 Å². The third-order valence-electron chi connectivity index (χ3n) is 3.80. The van der Waals surface area contributed by atoms with Crippen molar-refractivity contribution in [2.24, 2.45) is 0 Å². The van der Waals surface area contributed by atoms with Gasteiger partial charge >= 0.3 is 6.03 Å². The summed E-state index contributed by atoms with van der Waals surface area (Å²) in [4.78, 5) is 15.7. The Hall–Kier alpha value is -1.33. The molecule has 2 heterocycles. The van der Waals surface area contributed by atoms with Gasteiger partial charge in [-0.25, -0.2) is 4.79 Å². The molecule has 3 rings (SSSR count). The van der Waals surface area contributed by atoms with Gasteiger partial charge in [0.2, 0.25) is 0 Å². The van der Waals surface area contributed by atoms with E-state index in [4.69, 9.17) is 0 Å². The lowest BCUT2D eigenvalue weighted by molar-refractivity contribution is 0.189. The predicted octanol–water partition coefficient (Wildman–Crippen LogP) is 4.34. The Morgan fingerprint density at radius 3 is 2.86 bits per heavy atom. The van der Waals surface area contributed by atoms with Crippen LogP contribution in [0.4, 0.5) is 4.79 Å². The van der Waals surface area contributed by atoms with Gasteiger partial charge in [0.1, 0.15) is 0 Å². The molecule has 110 valence electrons. The van der Waals surface area contributed by atoms with E-state index in [1.54, 1.807) is 11.3 Å². The van der Waals surface area contributed by atoms with E-state index in [9.17, 15) is 4.79 Å². The summed E-state index contributed by atoms with van der Waals surface area (Å²) in [6, 6.07) is 10.2. The molecule has 5 heteroatoms. The average Bonchev–Trinajstić information content (AvgIpc) is 2.95. The molecule has 1 N–H and O–H groups in total. The van der Waals surface area contributed by atoms with Crippen molar-refractivity contribution >= 4 is 33.3 Å². The van der Waals surface area contributed by atoms with Crippen molar-refractivity contribution in [1.82, 2.24) is 10.2 Å². The highest BCUT2D eigenvalue weighted by Crippen LogP contribution is 2.24. The first kappa shape index (κ1) is 14.6. The van der Waals surface area contributed by atoms with Gasteiger partial charge in [-0.2, -0.15) is 0 Å². The first-order valence-electron chi connectivity index (χ1n) is 6.99. The maximum Gasteiger partial charge on any atom is 0.318 e. The second-order valence-electron chi connectivity index (χ2n) is 5.26. The van der Waals surface area contributed by atoms with E-state index < -0.39 is 0 Å². The van der Waals surface area contributed by atoms with E-state index in [0.717, 1.165) is 29.5 Å². The number of fused-ring (bicyclic) bond motifs is 1. The number of halogens is 1. The summed E-state index contributed by atoms with van der Waals surface area (Å²) in [6.07, 6.45) is 0.965. The van der Waals surface area contributed by atoms with Crippen molar-refractivity contribution in [3.05, 3.63) is 56.2 Å². The molecule has 0 saturated heterocycles. The number of nitrogens with one attached hydrogen (secondary N) is 1. The van der Waals surface area contributed by atoms with Gasteiger partial charge in [0.15, 0.2) is 0 Å². The van der Waals surface area contributed by atoms with E-state index in [0.29, 0.717) is 0 Å². The zero-order valence-corrected chi connectivity index (χ0v) is 14.2. The number of benzene rings is 1. The fourth-order valence-electron chi connectivity index (χ4n) is 2.53. The Balaban J connectivity index is 1.63. The predicted molar refractivity (Wildman–Crippen MR) is 89.5 cm³/mol. The van der Waals surface area contributed by atoms with Crippen molar-refractivity contribution in [2.45, 2.75) is 25.9 Å². The maximum atomic E-state index is 12.4. The average molecular weight is 365 g/mol. The summed E-state index contributed by atoms with van der Waals surface area (Å²) in [6.45, 7) is 3.53. The normalized spacial score (nSPS) is 15.4. The van der Waals surface area contributed by atoms with Crippen LogP contribution in [0.1, 0.15) is 29.0 Å². The van der Waals surface area contributed by atoms with Crippen molar-refractivity contribution < 1.29 is 4.79 Å². The summed E-state index contributed by atoms with van der Waals surface area (Å²) in [5.74, 6) is 0. The number of hydrogen-bond donors (Lipinski definition) is 1. The van der Waals surface area contributed by atoms with E-state index in [-0.39, 0.29) is 12.1 Å². The molecule has 0 fully saturated rings. The van der Waals surface area contributed by atoms with E-state index >= 15 is 0 Å². The Morgan fingerprint density at radius 2 is 2.10 bits per heavy atom. The summed E-state index contributed by atoms with van der Waals surface area (Å²) in [5.41, 5.74) is 2.40. The third kappa shape index (κ3) is 3.30. The molecule has 1 aromatic heterocycles. The van der Waals surface area contributed by atoms with E-state index in [1.165, 1.54) is 10.4 Å². The topological polar surface area (TPSA) is 32.3 Å². The van der Waals surface area contributed by atoms with Gasteiger partial charge < -0.3 is 10.2 Å². The van der Waals surface area contributed by atoms with Crippen LogP contribution in [0.25, 0.3) is 0 Å². The van der Waals surface area contributed by atoms with Gasteiger partial charge in [-0.3, -0.25) is 0 Å². The Kier molecular flexibility index (Phi) is 4.31. The third-order valence-corrected chi connectivity index (χ3v) is 5.36. The summed E-state index contributed by atoms with van der Waals surface area (Å²) < 4.78 is 1.05. The minimum Gasteiger partial charge on any atom is -0.331 e.